The van der Waals surface area contributed by atoms with E-state index >= 15 is 0 Å². The highest BCUT2D eigenvalue weighted by atomic mass is 19.4. The van der Waals surface area contributed by atoms with Gasteiger partial charge in [0.05, 0.1) is 18.5 Å². The molecule has 25 heavy (non-hydrogen) atoms. The number of aromatic amines is 1. The molecular formula is C15H13F3N4O3. The third-order valence-electron chi connectivity index (χ3n) is 3.52. The molecule has 0 radical (unpaired) electrons. The van der Waals surface area contributed by atoms with E-state index in [2.05, 4.69) is 19.8 Å². The smallest absolute Gasteiger partial charge is 0.496 e. The Morgan fingerprint density at radius 2 is 1.96 bits per heavy atom. The van der Waals surface area contributed by atoms with Crippen LogP contribution in [0.25, 0.3) is 22.4 Å². The lowest BCUT2D eigenvalue weighted by Crippen LogP contribution is -2.17. The number of nitrogens with zero attached hydrogens (tertiary/aromatic N) is 3. The zero-order valence-corrected chi connectivity index (χ0v) is 13.4. The second-order valence-corrected chi connectivity index (χ2v) is 5.24. The van der Waals surface area contributed by atoms with Gasteiger partial charge in [-0.1, -0.05) is 0 Å². The van der Waals surface area contributed by atoms with E-state index in [4.69, 9.17) is 4.74 Å². The third-order valence-corrected chi connectivity index (χ3v) is 3.52. The lowest BCUT2D eigenvalue weighted by atomic mass is 10.1. The molecule has 3 rings (SSSR count). The summed E-state index contributed by atoms with van der Waals surface area (Å²) in [5.74, 6) is -0.270. The maximum atomic E-state index is 12.4. The van der Waals surface area contributed by atoms with Gasteiger partial charge in [0.15, 0.2) is 11.2 Å². The highest BCUT2D eigenvalue weighted by Crippen LogP contribution is 2.35. The molecule has 1 aromatic carbocycles. The van der Waals surface area contributed by atoms with E-state index in [0.717, 1.165) is 12.1 Å². The fourth-order valence-corrected chi connectivity index (χ4v) is 2.47. The lowest BCUT2D eigenvalue weighted by Gasteiger charge is -2.13. The molecular weight excluding hydrogens is 341 g/mol. The van der Waals surface area contributed by atoms with Gasteiger partial charge in [-0.25, -0.2) is 9.97 Å². The first kappa shape index (κ1) is 16.8. The standard InChI is InChI=1S/C15H13F3N4O3/c1-7-11(20-13-12(19-7)14(23)21-22(13)2)9-5-4-8(6-10(9)24-3)25-15(16,17)18/h4-6H,1-3H3,(H,21,23). The normalized spacial score (nSPS) is 11.8. The Kier molecular flexibility index (Phi) is 3.90. The van der Waals surface area contributed by atoms with Crippen LogP contribution < -0.4 is 15.0 Å². The minimum Gasteiger partial charge on any atom is -0.496 e. The molecule has 0 bridgehead atoms. The van der Waals surface area contributed by atoms with Gasteiger partial charge in [0.25, 0.3) is 5.56 Å². The number of H-pyrrole nitrogens is 1. The predicted molar refractivity (Wildman–Crippen MR) is 82.5 cm³/mol. The molecule has 0 saturated heterocycles. The molecule has 132 valence electrons. The first-order valence-electron chi connectivity index (χ1n) is 7.07. The molecule has 3 aromatic rings. The maximum absolute atomic E-state index is 12.4. The average molecular weight is 354 g/mol. The minimum absolute atomic E-state index is 0.138. The summed E-state index contributed by atoms with van der Waals surface area (Å²) in [4.78, 5) is 20.4. The van der Waals surface area contributed by atoms with Crippen LogP contribution in [0.3, 0.4) is 0 Å². The largest absolute Gasteiger partial charge is 0.573 e. The number of nitrogens with one attached hydrogen (secondary N) is 1. The second kappa shape index (κ2) is 5.80. The number of hydrogen-bond donors (Lipinski definition) is 1. The van der Waals surface area contributed by atoms with E-state index in [-0.39, 0.29) is 16.8 Å². The number of benzene rings is 1. The van der Waals surface area contributed by atoms with Gasteiger partial charge in [0, 0.05) is 18.7 Å². The van der Waals surface area contributed by atoms with Gasteiger partial charge in [-0.2, -0.15) is 0 Å². The van der Waals surface area contributed by atoms with Gasteiger partial charge in [0.1, 0.15) is 11.5 Å². The van der Waals surface area contributed by atoms with Gasteiger partial charge < -0.3 is 9.47 Å². The number of rotatable bonds is 3. The third kappa shape index (κ3) is 3.14. The van der Waals surface area contributed by atoms with Gasteiger partial charge in [-0.15, -0.1) is 13.2 Å². The molecule has 0 aliphatic carbocycles. The molecule has 10 heteroatoms. The molecule has 0 aliphatic heterocycles. The molecule has 0 unspecified atom stereocenters. The zero-order valence-electron chi connectivity index (χ0n) is 13.4. The van der Waals surface area contributed by atoms with Crippen molar-refractivity contribution in [2.24, 2.45) is 7.05 Å². The molecule has 0 fully saturated rings. The van der Waals surface area contributed by atoms with Crippen molar-refractivity contribution in [3.63, 3.8) is 0 Å². The van der Waals surface area contributed by atoms with Crippen LogP contribution in [0.4, 0.5) is 13.2 Å². The van der Waals surface area contributed by atoms with Crippen molar-refractivity contribution in [1.29, 1.82) is 0 Å². The Balaban J connectivity index is 2.15. The molecule has 0 amide bonds. The zero-order chi connectivity index (χ0) is 18.4. The first-order valence-corrected chi connectivity index (χ1v) is 7.07. The number of methoxy groups -OCH3 is 1. The number of aromatic nitrogens is 4. The maximum Gasteiger partial charge on any atom is 0.573 e. The van der Waals surface area contributed by atoms with E-state index in [9.17, 15) is 18.0 Å². The number of ether oxygens (including phenoxy) is 2. The summed E-state index contributed by atoms with van der Waals surface area (Å²) in [6, 6.07) is 3.67. The fourth-order valence-electron chi connectivity index (χ4n) is 2.47. The highest BCUT2D eigenvalue weighted by Gasteiger charge is 2.31. The van der Waals surface area contributed by atoms with Crippen molar-refractivity contribution in [2.45, 2.75) is 13.3 Å². The Morgan fingerprint density at radius 3 is 2.60 bits per heavy atom. The summed E-state index contributed by atoms with van der Waals surface area (Å²) in [6.07, 6.45) is -4.80. The topological polar surface area (TPSA) is 82.0 Å². The van der Waals surface area contributed by atoms with Crippen LogP contribution in [0.2, 0.25) is 0 Å². The van der Waals surface area contributed by atoms with Crippen LogP contribution in [-0.2, 0) is 7.05 Å². The van der Waals surface area contributed by atoms with Crippen LogP contribution in [0.15, 0.2) is 23.0 Å². The highest BCUT2D eigenvalue weighted by molar-refractivity contribution is 5.77. The van der Waals surface area contributed by atoms with Crippen molar-refractivity contribution >= 4 is 11.2 Å². The Labute approximate surface area is 139 Å². The summed E-state index contributed by atoms with van der Waals surface area (Å²) < 4.78 is 47.6. The van der Waals surface area contributed by atoms with Crippen LogP contribution >= 0.6 is 0 Å². The summed E-state index contributed by atoms with van der Waals surface area (Å²) >= 11 is 0. The van der Waals surface area contributed by atoms with Crippen molar-refractivity contribution in [3.8, 4) is 22.8 Å². The summed E-state index contributed by atoms with van der Waals surface area (Å²) in [6.45, 7) is 1.65. The number of alkyl halides is 3. The molecule has 0 atom stereocenters. The Hall–Kier alpha value is -3.04. The summed E-state index contributed by atoms with van der Waals surface area (Å²) in [5, 5.41) is 2.54. The van der Waals surface area contributed by atoms with Crippen LogP contribution in [-0.4, -0.2) is 33.2 Å². The van der Waals surface area contributed by atoms with Crippen molar-refractivity contribution in [1.82, 2.24) is 19.7 Å². The van der Waals surface area contributed by atoms with E-state index in [1.165, 1.54) is 17.9 Å². The van der Waals surface area contributed by atoms with Crippen molar-refractivity contribution in [3.05, 3.63) is 34.2 Å². The molecule has 0 spiro atoms. The molecule has 2 heterocycles. The summed E-state index contributed by atoms with van der Waals surface area (Å²) in [7, 11) is 2.93. The van der Waals surface area contributed by atoms with E-state index in [1.54, 1.807) is 14.0 Å². The molecule has 0 aliphatic rings. The molecule has 0 saturated carbocycles. The second-order valence-electron chi connectivity index (χ2n) is 5.24. The van der Waals surface area contributed by atoms with Gasteiger partial charge >= 0.3 is 6.36 Å². The number of halogens is 3. The lowest BCUT2D eigenvalue weighted by molar-refractivity contribution is -0.274. The van der Waals surface area contributed by atoms with Crippen LogP contribution in [0.1, 0.15) is 5.69 Å². The van der Waals surface area contributed by atoms with Crippen molar-refractivity contribution < 1.29 is 22.6 Å². The minimum atomic E-state index is -4.80. The molecule has 7 nitrogen and oxygen atoms in total. The fraction of sp³-hybridized carbons (Fsp3) is 0.267. The van der Waals surface area contributed by atoms with E-state index in [1.807, 2.05) is 0 Å². The van der Waals surface area contributed by atoms with Gasteiger partial charge in [0.2, 0.25) is 0 Å². The van der Waals surface area contributed by atoms with E-state index in [0.29, 0.717) is 22.6 Å². The van der Waals surface area contributed by atoms with Crippen LogP contribution in [0.5, 0.6) is 11.5 Å². The molecule has 1 N–H and O–H groups in total. The number of aryl methyl sites for hydroxylation is 2. The van der Waals surface area contributed by atoms with Crippen molar-refractivity contribution in [2.75, 3.05) is 7.11 Å². The first-order chi connectivity index (χ1) is 11.7. The Morgan fingerprint density at radius 1 is 1.24 bits per heavy atom. The van der Waals surface area contributed by atoms with E-state index < -0.39 is 12.1 Å². The monoisotopic (exact) mass is 354 g/mol. The van der Waals surface area contributed by atoms with Gasteiger partial charge in [-0.3, -0.25) is 14.6 Å². The van der Waals surface area contributed by atoms with Gasteiger partial charge in [-0.05, 0) is 19.1 Å². The number of fused-ring (bicyclic) bond motifs is 1. The molecule has 2 aromatic heterocycles. The Bertz CT molecular complexity index is 1010. The average Bonchev–Trinajstić information content (AvgIpc) is 2.79. The number of hydrogen-bond acceptors (Lipinski definition) is 5. The predicted octanol–water partition coefficient (Wildman–Crippen LogP) is 2.54. The SMILES string of the molecule is COc1cc(OC(F)(F)F)ccc1-c1nc2c(nc1C)c(=O)[nH]n2C. The summed E-state index contributed by atoms with van der Waals surface area (Å²) in [5.41, 5.74) is 1.38. The van der Waals surface area contributed by atoms with Crippen LogP contribution in [0, 0.1) is 6.92 Å². The quantitative estimate of drug-likeness (QED) is 0.782.